The fraction of sp³-hybridized carbons (Fsp3) is 0.400. The minimum absolute atomic E-state index is 0.0417. The summed E-state index contributed by atoms with van der Waals surface area (Å²) in [4.78, 5) is 10.2. The van der Waals surface area contributed by atoms with Crippen LogP contribution in [0.1, 0.15) is 6.42 Å². The van der Waals surface area contributed by atoms with Crippen LogP contribution in [-0.2, 0) is 4.79 Å². The van der Waals surface area contributed by atoms with Crippen LogP contribution >= 0.6 is 0 Å². The lowest BCUT2D eigenvalue weighted by molar-refractivity contribution is -0.120. The molecule has 1 aliphatic rings. The predicted octanol–water partition coefficient (Wildman–Crippen LogP) is 0.0478. The summed E-state index contributed by atoms with van der Waals surface area (Å²) in [6, 6.07) is 0. The number of amides is 1. The first-order chi connectivity index (χ1) is 3.30. The van der Waals surface area contributed by atoms with Crippen LogP contribution in [0.15, 0.2) is 12.2 Å². The maximum atomic E-state index is 10.2. The van der Waals surface area contributed by atoms with E-state index < -0.39 is 0 Å². The molecule has 0 fully saturated rings. The molecule has 0 spiro atoms. The smallest absolute Gasteiger partial charge is 0.224 e. The fourth-order valence-corrected chi connectivity index (χ4v) is 0.483. The van der Waals surface area contributed by atoms with Crippen LogP contribution in [0, 0.1) is 5.92 Å². The second kappa shape index (κ2) is 1.37. The van der Waals surface area contributed by atoms with E-state index in [1.807, 2.05) is 12.2 Å². The molecule has 2 heteroatoms. The van der Waals surface area contributed by atoms with Crippen molar-refractivity contribution in [1.29, 1.82) is 0 Å². The Morgan fingerprint density at radius 2 is 2.43 bits per heavy atom. The molecule has 0 aromatic heterocycles. The number of allylic oxidation sites excluding steroid dienone is 1. The van der Waals surface area contributed by atoms with Gasteiger partial charge in [-0.3, -0.25) is 4.79 Å². The third-order valence-electron chi connectivity index (χ3n) is 1.12. The van der Waals surface area contributed by atoms with Gasteiger partial charge in [0.1, 0.15) is 0 Å². The molecule has 1 rings (SSSR count). The first-order valence-electron chi connectivity index (χ1n) is 2.26. The largest absolute Gasteiger partial charge is 0.369 e. The maximum Gasteiger partial charge on any atom is 0.224 e. The number of primary amides is 1. The summed E-state index contributed by atoms with van der Waals surface area (Å²) in [5.74, 6) is -0.164. The minimum Gasteiger partial charge on any atom is -0.369 e. The average Bonchev–Trinajstić information content (AvgIpc) is 1.23. The molecule has 0 saturated heterocycles. The van der Waals surface area contributed by atoms with Crippen molar-refractivity contribution in [3.05, 3.63) is 12.2 Å². The van der Waals surface area contributed by atoms with Gasteiger partial charge in [-0.05, 0) is 6.42 Å². The maximum absolute atomic E-state index is 10.2. The number of carbonyl (C=O) groups excluding carboxylic acids is 1. The van der Waals surface area contributed by atoms with Crippen molar-refractivity contribution in [2.24, 2.45) is 11.7 Å². The molecule has 0 aromatic rings. The highest BCUT2D eigenvalue weighted by Crippen LogP contribution is 2.14. The fourth-order valence-electron chi connectivity index (χ4n) is 0.483. The summed E-state index contributed by atoms with van der Waals surface area (Å²) in [6.07, 6.45) is 4.60. The third-order valence-corrected chi connectivity index (χ3v) is 1.12. The SMILES string of the molecule is NC(=O)C1C=CC1. The van der Waals surface area contributed by atoms with Crippen molar-refractivity contribution in [3.8, 4) is 0 Å². The van der Waals surface area contributed by atoms with Crippen molar-refractivity contribution in [2.45, 2.75) is 6.42 Å². The number of carbonyl (C=O) groups is 1. The van der Waals surface area contributed by atoms with E-state index in [4.69, 9.17) is 5.73 Å². The molecule has 2 nitrogen and oxygen atoms in total. The normalized spacial score (nSPS) is 26.6. The molecule has 1 atom stereocenters. The van der Waals surface area contributed by atoms with Gasteiger partial charge >= 0.3 is 0 Å². The van der Waals surface area contributed by atoms with Crippen LogP contribution in [0.2, 0.25) is 0 Å². The molecule has 0 radical (unpaired) electrons. The average molecular weight is 97.1 g/mol. The lowest BCUT2D eigenvalue weighted by atomic mass is 9.95. The van der Waals surface area contributed by atoms with Crippen LogP contribution in [0.5, 0.6) is 0 Å². The zero-order valence-electron chi connectivity index (χ0n) is 3.92. The second-order valence-electron chi connectivity index (χ2n) is 1.67. The van der Waals surface area contributed by atoms with Crippen LogP contribution in [0.3, 0.4) is 0 Å². The highest BCUT2D eigenvalue weighted by atomic mass is 16.1. The van der Waals surface area contributed by atoms with E-state index in [1.165, 1.54) is 0 Å². The van der Waals surface area contributed by atoms with E-state index >= 15 is 0 Å². The highest BCUT2D eigenvalue weighted by molar-refractivity contribution is 5.79. The van der Waals surface area contributed by atoms with Crippen molar-refractivity contribution in [1.82, 2.24) is 0 Å². The van der Waals surface area contributed by atoms with Gasteiger partial charge in [-0.25, -0.2) is 0 Å². The van der Waals surface area contributed by atoms with Crippen molar-refractivity contribution < 1.29 is 4.79 Å². The van der Waals surface area contributed by atoms with Gasteiger partial charge in [-0.2, -0.15) is 0 Å². The monoisotopic (exact) mass is 97.1 g/mol. The zero-order valence-corrected chi connectivity index (χ0v) is 3.92. The van der Waals surface area contributed by atoms with Gasteiger partial charge in [0.05, 0.1) is 5.92 Å². The summed E-state index contributed by atoms with van der Waals surface area (Å²) < 4.78 is 0. The van der Waals surface area contributed by atoms with Crippen molar-refractivity contribution in [2.75, 3.05) is 0 Å². The molecule has 1 amide bonds. The molecule has 38 valence electrons. The predicted molar refractivity (Wildman–Crippen MR) is 26.4 cm³/mol. The van der Waals surface area contributed by atoms with Crippen LogP contribution in [-0.4, -0.2) is 5.91 Å². The van der Waals surface area contributed by atoms with Crippen LogP contribution in [0.25, 0.3) is 0 Å². The first-order valence-corrected chi connectivity index (χ1v) is 2.26. The standard InChI is InChI=1S/C5H7NO/c6-5(7)4-2-1-3-4/h1-2,4H,3H2,(H2,6,7). The molecule has 0 saturated carbocycles. The molecule has 1 aliphatic carbocycles. The van der Waals surface area contributed by atoms with Gasteiger partial charge in [0.15, 0.2) is 0 Å². The number of hydrogen-bond donors (Lipinski definition) is 1. The quantitative estimate of drug-likeness (QED) is 0.461. The van der Waals surface area contributed by atoms with Gasteiger partial charge in [-0.1, -0.05) is 12.2 Å². The Morgan fingerprint density at radius 1 is 1.86 bits per heavy atom. The van der Waals surface area contributed by atoms with E-state index in [2.05, 4.69) is 0 Å². The molecule has 0 bridgehead atoms. The summed E-state index contributed by atoms with van der Waals surface area (Å²) in [6.45, 7) is 0. The lowest BCUT2D eigenvalue weighted by Crippen LogP contribution is -2.24. The molecular weight excluding hydrogens is 90.1 g/mol. The summed E-state index contributed by atoms with van der Waals surface area (Å²) in [7, 11) is 0. The van der Waals surface area contributed by atoms with Gasteiger partial charge in [0, 0.05) is 0 Å². The Bertz CT molecular complexity index is 117. The first kappa shape index (κ1) is 4.37. The third kappa shape index (κ3) is 0.633. The lowest BCUT2D eigenvalue weighted by Gasteiger charge is -2.11. The van der Waals surface area contributed by atoms with Crippen molar-refractivity contribution in [3.63, 3.8) is 0 Å². The Balaban J connectivity index is 2.44. The molecule has 7 heavy (non-hydrogen) atoms. The topological polar surface area (TPSA) is 43.1 Å². The van der Waals surface area contributed by atoms with Crippen LogP contribution in [0.4, 0.5) is 0 Å². The Morgan fingerprint density at radius 3 is 2.43 bits per heavy atom. The number of hydrogen-bond acceptors (Lipinski definition) is 1. The van der Waals surface area contributed by atoms with E-state index in [9.17, 15) is 4.79 Å². The Hall–Kier alpha value is -0.790. The molecule has 0 heterocycles. The van der Waals surface area contributed by atoms with Crippen LogP contribution < -0.4 is 5.73 Å². The molecule has 0 aromatic carbocycles. The second-order valence-corrected chi connectivity index (χ2v) is 1.67. The van der Waals surface area contributed by atoms with Gasteiger partial charge in [0.2, 0.25) is 5.91 Å². The van der Waals surface area contributed by atoms with E-state index in [0.29, 0.717) is 0 Å². The Labute approximate surface area is 42.0 Å². The molecule has 1 unspecified atom stereocenters. The summed E-state index contributed by atoms with van der Waals surface area (Å²) in [5.41, 5.74) is 4.91. The van der Waals surface area contributed by atoms with Gasteiger partial charge in [0.25, 0.3) is 0 Å². The molecule has 2 N–H and O–H groups in total. The molecular formula is C5H7NO. The van der Waals surface area contributed by atoms with Gasteiger partial charge in [-0.15, -0.1) is 0 Å². The van der Waals surface area contributed by atoms with Gasteiger partial charge < -0.3 is 5.73 Å². The van der Waals surface area contributed by atoms with E-state index in [0.717, 1.165) is 6.42 Å². The summed E-state index contributed by atoms with van der Waals surface area (Å²) in [5, 5.41) is 0. The highest BCUT2D eigenvalue weighted by Gasteiger charge is 2.14. The summed E-state index contributed by atoms with van der Waals surface area (Å²) >= 11 is 0. The Kier molecular flexibility index (Phi) is 0.855. The number of nitrogens with two attached hydrogens (primary N) is 1. The molecule has 0 aliphatic heterocycles. The van der Waals surface area contributed by atoms with Crippen molar-refractivity contribution >= 4 is 5.91 Å². The number of rotatable bonds is 1. The zero-order chi connectivity index (χ0) is 5.28. The minimum atomic E-state index is -0.206. The van der Waals surface area contributed by atoms with E-state index in [-0.39, 0.29) is 11.8 Å². The van der Waals surface area contributed by atoms with E-state index in [1.54, 1.807) is 0 Å².